The molecule has 0 amide bonds. The maximum Gasteiger partial charge on any atom is 0.119 e. The van der Waals surface area contributed by atoms with Crippen molar-refractivity contribution in [3.63, 3.8) is 0 Å². The summed E-state index contributed by atoms with van der Waals surface area (Å²) in [5, 5.41) is 10.6. The van der Waals surface area contributed by atoms with Crippen LogP contribution in [0.2, 0.25) is 0 Å². The maximum absolute atomic E-state index is 10.6. The minimum absolute atomic E-state index is 0.128. The van der Waals surface area contributed by atoms with Gasteiger partial charge in [-0.3, -0.25) is 0 Å². The summed E-state index contributed by atoms with van der Waals surface area (Å²) < 4.78 is 0.549. The highest BCUT2D eigenvalue weighted by molar-refractivity contribution is 5.65. The van der Waals surface area contributed by atoms with E-state index < -0.39 is 5.97 Å². The predicted molar refractivity (Wildman–Crippen MR) is 67.3 cm³/mol. The van der Waals surface area contributed by atoms with Gasteiger partial charge in [-0.05, 0) is 18.8 Å². The van der Waals surface area contributed by atoms with Gasteiger partial charge in [0.15, 0.2) is 0 Å². The summed E-state index contributed by atoms with van der Waals surface area (Å²) in [6, 6.07) is 0. The first kappa shape index (κ1) is 14.5. The molecule has 0 aromatic rings. The van der Waals surface area contributed by atoms with Crippen molar-refractivity contribution in [2.75, 3.05) is 27.2 Å². The fraction of sp³-hybridized carbons (Fsp3) is 0.929. The summed E-state index contributed by atoms with van der Waals surface area (Å²) in [6.07, 6.45) is 10.8. The molecule has 0 saturated heterocycles. The zero-order valence-electron chi connectivity index (χ0n) is 11.4. The van der Waals surface area contributed by atoms with Gasteiger partial charge in [-0.2, -0.15) is 0 Å². The number of carbonyl (C=O) groups excluding carboxylic acids is 1. The van der Waals surface area contributed by atoms with Crippen LogP contribution in [0.1, 0.15) is 51.4 Å². The summed E-state index contributed by atoms with van der Waals surface area (Å²) in [6.45, 7) is 1.07. The van der Waals surface area contributed by atoms with E-state index in [2.05, 4.69) is 0 Å². The summed E-state index contributed by atoms with van der Waals surface area (Å²) in [5.41, 5.74) is 0. The molecule has 1 saturated carbocycles. The van der Waals surface area contributed by atoms with E-state index >= 15 is 0 Å². The molecule has 0 atom stereocenters. The van der Waals surface area contributed by atoms with Crippen LogP contribution in [0.3, 0.4) is 0 Å². The van der Waals surface area contributed by atoms with Gasteiger partial charge in [-0.1, -0.05) is 38.5 Å². The Hall–Kier alpha value is -0.570. The van der Waals surface area contributed by atoms with Crippen LogP contribution in [0, 0.1) is 5.92 Å². The molecule has 0 aliphatic heterocycles. The fourth-order valence-electron chi connectivity index (χ4n) is 2.88. The van der Waals surface area contributed by atoms with Crippen molar-refractivity contribution in [3.8, 4) is 0 Å². The molecule has 100 valence electrons. The lowest BCUT2D eigenvalue weighted by Gasteiger charge is -2.30. The number of unbranched alkanes of at least 4 members (excludes halogenated alkanes) is 1. The van der Waals surface area contributed by atoms with Gasteiger partial charge in [0.1, 0.15) is 6.54 Å². The van der Waals surface area contributed by atoms with Crippen LogP contribution in [0.5, 0.6) is 0 Å². The molecule has 1 aliphatic rings. The van der Waals surface area contributed by atoms with Crippen LogP contribution in [-0.2, 0) is 4.79 Å². The van der Waals surface area contributed by atoms with E-state index in [4.69, 9.17) is 0 Å². The molecule has 0 aromatic carbocycles. The lowest BCUT2D eigenvalue weighted by Crippen LogP contribution is -2.48. The highest BCUT2D eigenvalue weighted by atomic mass is 16.4. The Morgan fingerprint density at radius 2 is 1.82 bits per heavy atom. The Morgan fingerprint density at radius 1 is 1.18 bits per heavy atom. The first-order valence-corrected chi connectivity index (χ1v) is 7.01. The van der Waals surface area contributed by atoms with E-state index in [1.54, 1.807) is 0 Å². The molecule has 0 radical (unpaired) electrons. The highest BCUT2D eigenvalue weighted by Gasteiger charge is 2.16. The normalized spacial score (nSPS) is 18.2. The van der Waals surface area contributed by atoms with Crippen molar-refractivity contribution in [2.24, 2.45) is 5.92 Å². The van der Waals surface area contributed by atoms with Crippen molar-refractivity contribution >= 4 is 5.97 Å². The second-order valence-electron chi connectivity index (χ2n) is 6.19. The number of carboxylic acids is 1. The molecule has 0 heterocycles. The average molecular weight is 241 g/mol. The Kier molecular flexibility index (Phi) is 5.96. The Bertz CT molecular complexity index is 232. The monoisotopic (exact) mass is 241 g/mol. The van der Waals surface area contributed by atoms with Crippen molar-refractivity contribution < 1.29 is 14.4 Å². The van der Waals surface area contributed by atoms with Crippen LogP contribution in [0.15, 0.2) is 0 Å². The zero-order valence-corrected chi connectivity index (χ0v) is 11.4. The van der Waals surface area contributed by atoms with Crippen molar-refractivity contribution in [1.29, 1.82) is 0 Å². The van der Waals surface area contributed by atoms with Gasteiger partial charge < -0.3 is 14.4 Å². The molecule has 1 rings (SSSR count). The van der Waals surface area contributed by atoms with Crippen molar-refractivity contribution in [1.82, 2.24) is 0 Å². The smallest absolute Gasteiger partial charge is 0.119 e. The van der Waals surface area contributed by atoms with Crippen LogP contribution < -0.4 is 5.11 Å². The van der Waals surface area contributed by atoms with Gasteiger partial charge in [0, 0.05) is 0 Å². The molecule has 3 nitrogen and oxygen atoms in total. The molecule has 17 heavy (non-hydrogen) atoms. The molecule has 0 unspecified atom stereocenters. The van der Waals surface area contributed by atoms with Crippen molar-refractivity contribution in [2.45, 2.75) is 51.4 Å². The number of hydrogen-bond acceptors (Lipinski definition) is 2. The van der Waals surface area contributed by atoms with Gasteiger partial charge in [0.2, 0.25) is 0 Å². The fourth-order valence-corrected chi connectivity index (χ4v) is 2.88. The van der Waals surface area contributed by atoms with Crippen LogP contribution in [0.25, 0.3) is 0 Å². The third-order valence-electron chi connectivity index (χ3n) is 3.91. The van der Waals surface area contributed by atoms with Crippen molar-refractivity contribution in [3.05, 3.63) is 0 Å². The minimum Gasteiger partial charge on any atom is -0.544 e. The molecular formula is C14H27NO2. The van der Waals surface area contributed by atoms with Gasteiger partial charge in [-0.15, -0.1) is 0 Å². The van der Waals surface area contributed by atoms with E-state index in [-0.39, 0.29) is 6.54 Å². The largest absolute Gasteiger partial charge is 0.544 e. The second-order valence-corrected chi connectivity index (χ2v) is 6.19. The predicted octanol–water partition coefficient (Wildman–Crippen LogP) is 1.56. The molecule has 1 aliphatic carbocycles. The molecule has 1 fully saturated rings. The van der Waals surface area contributed by atoms with E-state index in [9.17, 15) is 9.90 Å². The van der Waals surface area contributed by atoms with E-state index in [0.717, 1.165) is 18.9 Å². The lowest BCUT2D eigenvalue weighted by atomic mass is 9.86. The molecule has 0 N–H and O–H groups in total. The summed E-state index contributed by atoms with van der Waals surface area (Å²) in [4.78, 5) is 10.6. The van der Waals surface area contributed by atoms with E-state index in [1.807, 2.05) is 14.1 Å². The van der Waals surface area contributed by atoms with E-state index in [0.29, 0.717) is 4.48 Å². The average Bonchev–Trinajstić information content (AvgIpc) is 2.24. The number of nitrogens with zero attached hydrogens (tertiary/aromatic N) is 1. The Labute approximate surface area is 105 Å². The second kappa shape index (κ2) is 7.00. The number of likely N-dealkylation sites (N-methyl/N-ethyl adjacent to an activating group) is 1. The zero-order chi connectivity index (χ0) is 12.7. The summed E-state index contributed by atoms with van der Waals surface area (Å²) in [7, 11) is 3.94. The topological polar surface area (TPSA) is 40.1 Å². The molecular weight excluding hydrogens is 214 g/mol. The number of hydrogen-bond donors (Lipinski definition) is 0. The lowest BCUT2D eigenvalue weighted by molar-refractivity contribution is -0.885. The molecule has 3 heteroatoms. The van der Waals surface area contributed by atoms with Crippen LogP contribution >= 0.6 is 0 Å². The van der Waals surface area contributed by atoms with Gasteiger partial charge in [0.05, 0.1) is 26.6 Å². The minimum atomic E-state index is -0.942. The maximum atomic E-state index is 10.6. The third kappa shape index (κ3) is 6.67. The van der Waals surface area contributed by atoms with Gasteiger partial charge in [-0.25, -0.2) is 0 Å². The highest BCUT2D eigenvalue weighted by Crippen LogP contribution is 2.27. The standard InChI is InChI=1S/C14H27NO2/c1-15(2,12-14(16)17)11-7-6-10-13-8-4-3-5-9-13/h13H,3-12H2,1-2H3. The SMILES string of the molecule is C[N+](C)(CCCCC1CCCCC1)CC(=O)[O-]. The number of carboxylic acid groups (broad SMARTS) is 1. The van der Waals surface area contributed by atoms with Gasteiger partial charge in [0.25, 0.3) is 0 Å². The number of carbonyl (C=O) groups is 1. The number of rotatable bonds is 7. The molecule has 0 bridgehead atoms. The molecule has 0 spiro atoms. The number of aliphatic carboxylic acids is 1. The third-order valence-corrected chi connectivity index (χ3v) is 3.91. The quantitative estimate of drug-likeness (QED) is 0.501. The Morgan fingerprint density at radius 3 is 2.41 bits per heavy atom. The summed E-state index contributed by atoms with van der Waals surface area (Å²) in [5.74, 6) is 0.00258. The van der Waals surface area contributed by atoms with E-state index in [1.165, 1.54) is 44.9 Å². The Balaban J connectivity index is 2.08. The van der Waals surface area contributed by atoms with Crippen LogP contribution in [0.4, 0.5) is 0 Å². The first-order valence-electron chi connectivity index (χ1n) is 7.01. The summed E-state index contributed by atoms with van der Waals surface area (Å²) >= 11 is 0. The van der Waals surface area contributed by atoms with Crippen LogP contribution in [-0.4, -0.2) is 37.6 Å². The van der Waals surface area contributed by atoms with Gasteiger partial charge >= 0.3 is 0 Å². The molecule has 0 aromatic heterocycles. The first-order chi connectivity index (χ1) is 7.99. The number of quaternary nitrogens is 1.